The number of nitrogens with one attached hydrogen (secondary N) is 1. The summed E-state index contributed by atoms with van der Waals surface area (Å²) >= 11 is 5.86. The van der Waals surface area contributed by atoms with Crippen LogP contribution >= 0.6 is 11.6 Å². The van der Waals surface area contributed by atoms with Gasteiger partial charge in [0.15, 0.2) is 0 Å². The molecule has 2 N–H and O–H groups in total. The number of hydrogen-bond acceptors (Lipinski definition) is 4. The van der Waals surface area contributed by atoms with Crippen LogP contribution in [0.4, 0.5) is 0 Å². The molecule has 3 rings (SSSR count). The number of carboxylic acid groups (broad SMARTS) is 1. The van der Waals surface area contributed by atoms with Gasteiger partial charge in [0.2, 0.25) is 0 Å². The van der Waals surface area contributed by atoms with Crippen molar-refractivity contribution in [3.63, 3.8) is 0 Å². The number of hydrogen-bond donors (Lipinski definition) is 2. The highest BCUT2D eigenvalue weighted by Crippen LogP contribution is 2.27. The summed E-state index contributed by atoms with van der Waals surface area (Å²) in [6.07, 6.45) is 0.793. The van der Waals surface area contributed by atoms with Crippen LogP contribution in [0, 0.1) is 0 Å². The minimum atomic E-state index is -0.947. The summed E-state index contributed by atoms with van der Waals surface area (Å²) in [4.78, 5) is 24.0. The van der Waals surface area contributed by atoms with E-state index in [-0.39, 0.29) is 12.3 Å². The highest BCUT2D eigenvalue weighted by Gasteiger charge is 2.36. The van der Waals surface area contributed by atoms with E-state index in [2.05, 4.69) is 5.32 Å². The number of carbonyl (C=O) groups is 2. The molecule has 0 aromatic heterocycles. The number of carboxylic acids is 1. The van der Waals surface area contributed by atoms with Crippen LogP contribution in [0.15, 0.2) is 48.5 Å². The molecular weight excluding hydrogens is 370 g/mol. The number of benzene rings is 2. The number of ether oxygens (including phenoxy) is 2. The first-order valence-corrected chi connectivity index (χ1v) is 8.99. The monoisotopic (exact) mass is 389 g/mol. The van der Waals surface area contributed by atoms with E-state index in [0.29, 0.717) is 48.1 Å². The zero-order valence-electron chi connectivity index (χ0n) is 14.6. The quantitative estimate of drug-likeness (QED) is 0.783. The van der Waals surface area contributed by atoms with E-state index < -0.39 is 11.5 Å². The van der Waals surface area contributed by atoms with Crippen LogP contribution in [0.25, 0.3) is 0 Å². The third kappa shape index (κ3) is 5.21. The molecule has 1 saturated heterocycles. The second-order valence-corrected chi connectivity index (χ2v) is 6.94. The Balaban J connectivity index is 1.74. The summed E-state index contributed by atoms with van der Waals surface area (Å²) in [5.74, 6) is -0.176. The van der Waals surface area contributed by atoms with E-state index in [4.69, 9.17) is 21.1 Å². The van der Waals surface area contributed by atoms with Crippen LogP contribution in [0.2, 0.25) is 5.02 Å². The molecule has 6 nitrogen and oxygen atoms in total. The molecule has 0 spiro atoms. The van der Waals surface area contributed by atoms with E-state index in [1.54, 1.807) is 48.5 Å². The van der Waals surface area contributed by atoms with Crippen molar-refractivity contribution in [1.82, 2.24) is 5.32 Å². The summed E-state index contributed by atoms with van der Waals surface area (Å²) in [5, 5.41) is 12.7. The number of halogens is 1. The van der Waals surface area contributed by atoms with Gasteiger partial charge in [0.05, 0.1) is 12.0 Å². The van der Waals surface area contributed by atoms with Crippen LogP contribution in [0.3, 0.4) is 0 Å². The van der Waals surface area contributed by atoms with E-state index in [1.165, 1.54) is 0 Å². The van der Waals surface area contributed by atoms with Gasteiger partial charge in [0, 0.05) is 23.8 Å². The molecule has 1 heterocycles. The largest absolute Gasteiger partial charge is 0.481 e. The van der Waals surface area contributed by atoms with Crippen molar-refractivity contribution in [3.8, 4) is 11.5 Å². The van der Waals surface area contributed by atoms with Gasteiger partial charge in [-0.15, -0.1) is 0 Å². The summed E-state index contributed by atoms with van der Waals surface area (Å²) in [6.45, 7) is 0.848. The molecule has 27 heavy (non-hydrogen) atoms. The molecule has 7 heteroatoms. The normalized spacial score (nSPS) is 15.7. The van der Waals surface area contributed by atoms with Gasteiger partial charge >= 0.3 is 5.97 Å². The Labute approximate surface area is 162 Å². The highest BCUT2D eigenvalue weighted by molar-refractivity contribution is 6.30. The first-order chi connectivity index (χ1) is 13.0. The minimum Gasteiger partial charge on any atom is -0.481 e. The van der Waals surface area contributed by atoms with Gasteiger partial charge in [-0.25, -0.2) is 0 Å². The molecule has 2 aromatic carbocycles. The number of aliphatic carboxylic acids is 1. The van der Waals surface area contributed by atoms with Gasteiger partial charge in [0.1, 0.15) is 11.5 Å². The maximum absolute atomic E-state index is 12.7. The van der Waals surface area contributed by atoms with E-state index in [1.807, 2.05) is 0 Å². The number of amides is 1. The van der Waals surface area contributed by atoms with Crippen molar-refractivity contribution in [2.45, 2.75) is 24.8 Å². The van der Waals surface area contributed by atoms with Crippen LogP contribution in [-0.4, -0.2) is 35.7 Å². The van der Waals surface area contributed by atoms with Gasteiger partial charge in [-0.05, 0) is 55.3 Å². The van der Waals surface area contributed by atoms with Gasteiger partial charge < -0.3 is 19.9 Å². The van der Waals surface area contributed by atoms with E-state index in [9.17, 15) is 14.7 Å². The van der Waals surface area contributed by atoms with Gasteiger partial charge in [-0.2, -0.15) is 0 Å². The Morgan fingerprint density at radius 1 is 1.11 bits per heavy atom. The Bertz CT molecular complexity index is 815. The molecule has 1 aliphatic heterocycles. The Morgan fingerprint density at radius 2 is 1.81 bits per heavy atom. The van der Waals surface area contributed by atoms with Gasteiger partial charge in [-0.3, -0.25) is 9.59 Å². The minimum absolute atomic E-state index is 0.136. The molecule has 1 aliphatic rings. The molecule has 2 aromatic rings. The molecule has 0 unspecified atom stereocenters. The summed E-state index contributed by atoms with van der Waals surface area (Å²) in [5.41, 5.74) is -0.397. The standard InChI is InChI=1S/C20H20ClNO5/c21-15-4-6-16(7-5-15)27-17-3-1-2-14(12-17)19(25)22-20(13-18(23)24)8-10-26-11-9-20/h1-7,12H,8-11,13H2,(H,22,25)(H,23,24). The van der Waals surface area contributed by atoms with Crippen molar-refractivity contribution in [1.29, 1.82) is 0 Å². The van der Waals surface area contributed by atoms with Crippen LogP contribution in [0.5, 0.6) is 11.5 Å². The zero-order chi connectivity index (χ0) is 19.3. The lowest BCUT2D eigenvalue weighted by atomic mass is 9.86. The van der Waals surface area contributed by atoms with E-state index in [0.717, 1.165) is 0 Å². The second kappa shape index (κ2) is 8.41. The van der Waals surface area contributed by atoms with Crippen LogP contribution in [-0.2, 0) is 9.53 Å². The van der Waals surface area contributed by atoms with Crippen molar-refractivity contribution in [2.24, 2.45) is 0 Å². The third-order valence-electron chi connectivity index (χ3n) is 4.46. The lowest BCUT2D eigenvalue weighted by Gasteiger charge is -2.36. The lowest BCUT2D eigenvalue weighted by Crippen LogP contribution is -2.53. The average molecular weight is 390 g/mol. The Morgan fingerprint density at radius 3 is 2.48 bits per heavy atom. The third-order valence-corrected chi connectivity index (χ3v) is 4.72. The summed E-state index contributed by atoms with van der Waals surface area (Å²) in [7, 11) is 0. The maximum Gasteiger partial charge on any atom is 0.305 e. The topological polar surface area (TPSA) is 84.9 Å². The molecule has 142 valence electrons. The highest BCUT2D eigenvalue weighted by atomic mass is 35.5. The molecule has 0 aliphatic carbocycles. The fourth-order valence-electron chi connectivity index (χ4n) is 3.05. The fraction of sp³-hybridized carbons (Fsp3) is 0.300. The van der Waals surface area contributed by atoms with Crippen molar-refractivity contribution in [3.05, 3.63) is 59.1 Å². The molecule has 1 amide bonds. The predicted octanol–water partition coefficient (Wildman–Crippen LogP) is 3.89. The average Bonchev–Trinajstić information content (AvgIpc) is 2.64. The van der Waals surface area contributed by atoms with Gasteiger partial charge in [-0.1, -0.05) is 17.7 Å². The Hall–Kier alpha value is -2.57. The smallest absolute Gasteiger partial charge is 0.305 e. The molecular formula is C20H20ClNO5. The fourth-order valence-corrected chi connectivity index (χ4v) is 3.18. The van der Waals surface area contributed by atoms with Crippen molar-refractivity contribution < 1.29 is 24.2 Å². The molecule has 0 radical (unpaired) electrons. The maximum atomic E-state index is 12.7. The Kier molecular flexibility index (Phi) is 5.98. The molecule has 1 fully saturated rings. The number of rotatable bonds is 6. The summed E-state index contributed by atoms with van der Waals surface area (Å²) in [6, 6.07) is 13.6. The molecule has 0 saturated carbocycles. The van der Waals surface area contributed by atoms with Crippen molar-refractivity contribution in [2.75, 3.05) is 13.2 Å². The predicted molar refractivity (Wildman–Crippen MR) is 100 cm³/mol. The zero-order valence-corrected chi connectivity index (χ0v) is 15.4. The summed E-state index contributed by atoms with van der Waals surface area (Å²) < 4.78 is 11.1. The van der Waals surface area contributed by atoms with Crippen molar-refractivity contribution >= 4 is 23.5 Å². The molecule has 0 bridgehead atoms. The number of carbonyl (C=O) groups excluding carboxylic acids is 1. The second-order valence-electron chi connectivity index (χ2n) is 6.50. The lowest BCUT2D eigenvalue weighted by molar-refractivity contribution is -0.139. The van der Waals surface area contributed by atoms with Crippen LogP contribution in [0.1, 0.15) is 29.6 Å². The van der Waals surface area contributed by atoms with Gasteiger partial charge in [0.25, 0.3) is 5.91 Å². The SMILES string of the molecule is O=C(O)CC1(NC(=O)c2cccc(Oc3ccc(Cl)cc3)c2)CCOCC1. The molecule has 0 atom stereocenters. The first kappa shape index (κ1) is 19.2. The first-order valence-electron chi connectivity index (χ1n) is 8.61. The van der Waals surface area contributed by atoms with E-state index >= 15 is 0 Å². The van der Waals surface area contributed by atoms with Crippen LogP contribution < -0.4 is 10.1 Å².